The number of hydrogen-bond donors (Lipinski definition) is 0. The summed E-state index contributed by atoms with van der Waals surface area (Å²) in [6.45, 7) is 2.15. The molecule has 0 N–H and O–H groups in total. The average Bonchev–Trinajstić information content (AvgIpc) is 2.92. The molecule has 0 saturated heterocycles. The molecular formula is C19H23N3O2. The Kier molecular flexibility index (Phi) is 5.01. The summed E-state index contributed by atoms with van der Waals surface area (Å²) >= 11 is 0. The van der Waals surface area contributed by atoms with Crippen LogP contribution in [0.25, 0.3) is 11.0 Å². The summed E-state index contributed by atoms with van der Waals surface area (Å²) in [4.78, 5) is 6.88. The van der Waals surface area contributed by atoms with Crippen LogP contribution in [0.4, 0.5) is 0 Å². The molecule has 1 heterocycles. The van der Waals surface area contributed by atoms with E-state index in [-0.39, 0.29) is 0 Å². The molecule has 5 heteroatoms. The van der Waals surface area contributed by atoms with Crippen LogP contribution in [0, 0.1) is 0 Å². The lowest BCUT2D eigenvalue weighted by Crippen LogP contribution is -2.17. The second-order valence-electron chi connectivity index (χ2n) is 5.93. The minimum Gasteiger partial charge on any atom is -0.497 e. The normalized spacial score (nSPS) is 11.2. The zero-order chi connectivity index (χ0) is 16.9. The first-order valence-corrected chi connectivity index (χ1v) is 8.03. The van der Waals surface area contributed by atoms with Gasteiger partial charge in [0, 0.05) is 0 Å². The van der Waals surface area contributed by atoms with Gasteiger partial charge in [0.25, 0.3) is 0 Å². The summed E-state index contributed by atoms with van der Waals surface area (Å²) in [5, 5.41) is 0. The van der Waals surface area contributed by atoms with Crippen molar-refractivity contribution in [2.75, 3.05) is 27.8 Å². The number of fused-ring (bicyclic) bond motifs is 1. The van der Waals surface area contributed by atoms with Gasteiger partial charge in [-0.3, -0.25) is 0 Å². The van der Waals surface area contributed by atoms with Crippen LogP contribution in [0.3, 0.4) is 0 Å². The van der Waals surface area contributed by atoms with Crippen LogP contribution in [0.5, 0.6) is 11.5 Å². The molecule has 0 aliphatic carbocycles. The molecule has 24 heavy (non-hydrogen) atoms. The lowest BCUT2D eigenvalue weighted by molar-refractivity contribution is 0.293. The minimum atomic E-state index is 0.590. The second-order valence-corrected chi connectivity index (χ2v) is 5.93. The topological polar surface area (TPSA) is 39.5 Å². The summed E-state index contributed by atoms with van der Waals surface area (Å²) in [6.07, 6.45) is 0. The molecule has 1 aromatic heterocycles. The maximum atomic E-state index is 5.87. The summed E-state index contributed by atoms with van der Waals surface area (Å²) in [5.74, 6) is 2.73. The number of benzene rings is 2. The highest BCUT2D eigenvalue weighted by molar-refractivity contribution is 5.75. The van der Waals surface area contributed by atoms with E-state index in [2.05, 4.69) is 35.7 Å². The molecule has 0 unspecified atom stereocenters. The minimum absolute atomic E-state index is 0.590. The predicted molar refractivity (Wildman–Crippen MR) is 95.6 cm³/mol. The lowest BCUT2D eigenvalue weighted by Gasteiger charge is -2.13. The van der Waals surface area contributed by atoms with E-state index in [0.29, 0.717) is 6.61 Å². The molecule has 0 saturated carbocycles. The Hall–Kier alpha value is -2.53. The Balaban J connectivity index is 1.73. The first-order valence-electron chi connectivity index (χ1n) is 8.03. The third kappa shape index (κ3) is 3.68. The molecule has 5 nitrogen and oxygen atoms in total. The molecule has 2 aromatic carbocycles. The maximum Gasteiger partial charge on any atom is 0.124 e. The van der Waals surface area contributed by atoms with Crippen molar-refractivity contribution < 1.29 is 9.47 Å². The molecule has 0 aliphatic heterocycles. The van der Waals surface area contributed by atoms with Crippen LogP contribution in [0.2, 0.25) is 0 Å². The van der Waals surface area contributed by atoms with Crippen molar-refractivity contribution in [1.29, 1.82) is 0 Å². The van der Waals surface area contributed by atoms with Crippen molar-refractivity contribution in [3.8, 4) is 11.5 Å². The zero-order valence-electron chi connectivity index (χ0n) is 14.4. The standard InChI is InChI=1S/C19H23N3O2/c1-21(2)14-19-20-17-6-4-5-7-18(17)22(19)12-13-24-16-10-8-15(23-3)9-11-16/h4-11H,12-14H2,1-3H3. The van der Waals surface area contributed by atoms with Gasteiger partial charge in [-0.05, 0) is 50.5 Å². The second kappa shape index (κ2) is 7.36. The average molecular weight is 325 g/mol. The molecule has 0 amide bonds. The van der Waals surface area contributed by atoms with Gasteiger partial charge in [-0.15, -0.1) is 0 Å². The fraction of sp³-hybridized carbons (Fsp3) is 0.316. The van der Waals surface area contributed by atoms with E-state index in [0.717, 1.165) is 41.4 Å². The highest BCUT2D eigenvalue weighted by atomic mass is 16.5. The molecule has 0 spiro atoms. The van der Waals surface area contributed by atoms with Crippen LogP contribution >= 0.6 is 0 Å². The van der Waals surface area contributed by atoms with E-state index in [9.17, 15) is 0 Å². The van der Waals surface area contributed by atoms with E-state index in [1.54, 1.807) is 7.11 Å². The van der Waals surface area contributed by atoms with Crippen LogP contribution in [-0.4, -0.2) is 42.3 Å². The Morgan fingerprint density at radius 3 is 2.42 bits per heavy atom. The summed E-state index contributed by atoms with van der Waals surface area (Å²) in [6, 6.07) is 15.9. The van der Waals surface area contributed by atoms with Crippen molar-refractivity contribution in [2.24, 2.45) is 0 Å². The fourth-order valence-electron chi connectivity index (χ4n) is 2.71. The third-order valence-corrected chi connectivity index (χ3v) is 3.83. The van der Waals surface area contributed by atoms with Gasteiger partial charge < -0.3 is 18.9 Å². The van der Waals surface area contributed by atoms with Gasteiger partial charge in [0.1, 0.15) is 23.9 Å². The number of methoxy groups -OCH3 is 1. The molecule has 0 fully saturated rings. The first-order chi connectivity index (χ1) is 11.7. The molecule has 0 bridgehead atoms. The summed E-state index contributed by atoms with van der Waals surface area (Å²) in [5.41, 5.74) is 2.17. The quantitative estimate of drug-likeness (QED) is 0.669. The highest BCUT2D eigenvalue weighted by Gasteiger charge is 2.11. The predicted octanol–water partition coefficient (Wildman–Crippen LogP) is 3.19. The SMILES string of the molecule is COc1ccc(OCCn2c(CN(C)C)nc3ccccc32)cc1. The van der Waals surface area contributed by atoms with E-state index in [1.165, 1.54) is 0 Å². The van der Waals surface area contributed by atoms with E-state index >= 15 is 0 Å². The van der Waals surface area contributed by atoms with Gasteiger partial charge in [0.05, 0.1) is 31.2 Å². The Morgan fingerprint density at radius 1 is 1.00 bits per heavy atom. The molecule has 0 atom stereocenters. The van der Waals surface area contributed by atoms with Crippen LogP contribution in [0.15, 0.2) is 48.5 Å². The number of imidazole rings is 1. The molecular weight excluding hydrogens is 302 g/mol. The number of aromatic nitrogens is 2. The summed E-state index contributed by atoms with van der Waals surface area (Å²) in [7, 11) is 5.77. The molecule has 0 radical (unpaired) electrons. The van der Waals surface area contributed by atoms with Crippen LogP contribution in [0.1, 0.15) is 5.82 Å². The van der Waals surface area contributed by atoms with Gasteiger partial charge >= 0.3 is 0 Å². The fourth-order valence-corrected chi connectivity index (χ4v) is 2.71. The van der Waals surface area contributed by atoms with Gasteiger partial charge in [0.15, 0.2) is 0 Å². The highest BCUT2D eigenvalue weighted by Crippen LogP contribution is 2.19. The zero-order valence-corrected chi connectivity index (χ0v) is 14.4. The Morgan fingerprint density at radius 2 is 1.71 bits per heavy atom. The van der Waals surface area contributed by atoms with Crippen molar-refractivity contribution >= 4 is 11.0 Å². The maximum absolute atomic E-state index is 5.87. The monoisotopic (exact) mass is 325 g/mol. The Labute approximate surface area is 142 Å². The number of para-hydroxylation sites is 2. The smallest absolute Gasteiger partial charge is 0.124 e. The van der Waals surface area contributed by atoms with Crippen molar-refractivity contribution in [3.05, 3.63) is 54.4 Å². The van der Waals surface area contributed by atoms with Gasteiger partial charge in [-0.1, -0.05) is 12.1 Å². The number of nitrogens with zero attached hydrogens (tertiary/aromatic N) is 3. The Bertz CT molecular complexity index is 794. The number of hydrogen-bond acceptors (Lipinski definition) is 4. The van der Waals surface area contributed by atoms with Crippen molar-refractivity contribution in [1.82, 2.24) is 14.5 Å². The van der Waals surface area contributed by atoms with Gasteiger partial charge in [0.2, 0.25) is 0 Å². The van der Waals surface area contributed by atoms with E-state index in [1.807, 2.05) is 36.4 Å². The van der Waals surface area contributed by atoms with Gasteiger partial charge in [-0.2, -0.15) is 0 Å². The van der Waals surface area contributed by atoms with Gasteiger partial charge in [-0.25, -0.2) is 4.98 Å². The van der Waals surface area contributed by atoms with E-state index < -0.39 is 0 Å². The molecule has 3 aromatic rings. The largest absolute Gasteiger partial charge is 0.497 e. The third-order valence-electron chi connectivity index (χ3n) is 3.83. The molecule has 0 aliphatic rings. The van der Waals surface area contributed by atoms with Crippen LogP contribution in [-0.2, 0) is 13.1 Å². The van der Waals surface area contributed by atoms with Crippen molar-refractivity contribution in [3.63, 3.8) is 0 Å². The first kappa shape index (κ1) is 16.3. The van der Waals surface area contributed by atoms with Crippen LogP contribution < -0.4 is 9.47 Å². The van der Waals surface area contributed by atoms with Crippen molar-refractivity contribution in [2.45, 2.75) is 13.1 Å². The number of ether oxygens (including phenoxy) is 2. The lowest BCUT2D eigenvalue weighted by atomic mass is 10.3. The molecule has 3 rings (SSSR count). The summed E-state index contributed by atoms with van der Waals surface area (Å²) < 4.78 is 13.3. The number of rotatable bonds is 7. The molecule has 126 valence electrons. The van der Waals surface area contributed by atoms with E-state index in [4.69, 9.17) is 14.5 Å².